The Morgan fingerprint density at radius 2 is 1.72 bits per heavy atom. The van der Waals surface area contributed by atoms with Gasteiger partial charge in [-0.25, -0.2) is 0 Å². The van der Waals surface area contributed by atoms with Crippen molar-refractivity contribution in [1.29, 1.82) is 0 Å². The second-order valence-corrected chi connectivity index (χ2v) is 4.40. The molecule has 0 aliphatic rings. The Hall–Kier alpha value is -0.830. The van der Waals surface area contributed by atoms with Crippen molar-refractivity contribution in [2.24, 2.45) is 0 Å². The summed E-state index contributed by atoms with van der Waals surface area (Å²) < 4.78 is 9.79. The molecule has 18 heavy (non-hydrogen) atoms. The highest BCUT2D eigenvalue weighted by Gasteiger charge is 2.01. The van der Waals surface area contributed by atoms with Gasteiger partial charge in [-0.3, -0.25) is 4.79 Å². The summed E-state index contributed by atoms with van der Waals surface area (Å²) in [6, 6.07) is 0. The molecule has 0 saturated carbocycles. The standard InChI is InChI=1S/C15H28O3/c1-3-4-5-6-7-8-9-10-11-12-15(16)18-14-13-17-2/h4-5H,3,6-14H2,1-2H3. The van der Waals surface area contributed by atoms with Gasteiger partial charge in [0.1, 0.15) is 6.61 Å². The van der Waals surface area contributed by atoms with Crippen LogP contribution < -0.4 is 0 Å². The lowest BCUT2D eigenvalue weighted by atomic mass is 10.1. The van der Waals surface area contributed by atoms with E-state index >= 15 is 0 Å². The summed E-state index contributed by atoms with van der Waals surface area (Å²) in [5.74, 6) is -0.0991. The molecule has 0 amide bonds. The van der Waals surface area contributed by atoms with Crippen LogP contribution in [0.4, 0.5) is 0 Å². The molecule has 0 aromatic heterocycles. The molecule has 0 N–H and O–H groups in total. The van der Waals surface area contributed by atoms with Crippen molar-refractivity contribution in [3.63, 3.8) is 0 Å². The lowest BCUT2D eigenvalue weighted by molar-refractivity contribution is -0.145. The van der Waals surface area contributed by atoms with E-state index < -0.39 is 0 Å². The van der Waals surface area contributed by atoms with Crippen molar-refractivity contribution in [3.05, 3.63) is 12.2 Å². The topological polar surface area (TPSA) is 35.5 Å². The van der Waals surface area contributed by atoms with Crippen molar-refractivity contribution >= 4 is 5.97 Å². The Labute approximate surface area is 112 Å². The maximum Gasteiger partial charge on any atom is 0.305 e. The van der Waals surface area contributed by atoms with Crippen molar-refractivity contribution in [2.75, 3.05) is 20.3 Å². The third kappa shape index (κ3) is 13.2. The number of esters is 1. The summed E-state index contributed by atoms with van der Waals surface area (Å²) in [5.41, 5.74) is 0. The number of unbranched alkanes of at least 4 members (excludes halogenated alkanes) is 5. The first-order valence-corrected chi connectivity index (χ1v) is 7.10. The Bertz CT molecular complexity index is 212. The average molecular weight is 256 g/mol. The van der Waals surface area contributed by atoms with Crippen LogP contribution in [0.2, 0.25) is 0 Å². The highest BCUT2D eigenvalue weighted by atomic mass is 16.6. The van der Waals surface area contributed by atoms with Gasteiger partial charge in [0.05, 0.1) is 6.61 Å². The minimum absolute atomic E-state index is 0.0991. The van der Waals surface area contributed by atoms with Gasteiger partial charge >= 0.3 is 5.97 Å². The number of carbonyl (C=O) groups excluding carboxylic acids is 1. The van der Waals surface area contributed by atoms with E-state index in [1.54, 1.807) is 7.11 Å². The van der Waals surface area contributed by atoms with Crippen LogP contribution in [0, 0.1) is 0 Å². The van der Waals surface area contributed by atoms with Crippen LogP contribution in [0.25, 0.3) is 0 Å². The number of hydrogen-bond donors (Lipinski definition) is 0. The number of ether oxygens (including phenoxy) is 2. The van der Waals surface area contributed by atoms with E-state index in [0.29, 0.717) is 19.6 Å². The summed E-state index contributed by atoms with van der Waals surface area (Å²) in [5, 5.41) is 0. The van der Waals surface area contributed by atoms with E-state index in [-0.39, 0.29) is 5.97 Å². The predicted molar refractivity (Wildman–Crippen MR) is 74.6 cm³/mol. The van der Waals surface area contributed by atoms with Gasteiger partial charge in [-0.05, 0) is 25.7 Å². The zero-order chi connectivity index (χ0) is 13.5. The third-order valence-corrected chi connectivity index (χ3v) is 2.70. The highest BCUT2D eigenvalue weighted by Crippen LogP contribution is 2.08. The van der Waals surface area contributed by atoms with Crippen molar-refractivity contribution in [3.8, 4) is 0 Å². The lowest BCUT2D eigenvalue weighted by Gasteiger charge is -2.03. The second kappa shape index (κ2) is 14.2. The second-order valence-electron chi connectivity index (χ2n) is 4.40. The molecule has 106 valence electrons. The molecular formula is C15H28O3. The van der Waals surface area contributed by atoms with Crippen LogP contribution in [0.5, 0.6) is 0 Å². The zero-order valence-corrected chi connectivity index (χ0v) is 12.0. The molecule has 0 aliphatic heterocycles. The smallest absolute Gasteiger partial charge is 0.305 e. The van der Waals surface area contributed by atoms with Gasteiger partial charge in [-0.15, -0.1) is 0 Å². The van der Waals surface area contributed by atoms with E-state index in [0.717, 1.165) is 19.3 Å². The first kappa shape index (κ1) is 17.2. The molecule has 0 heterocycles. The molecule has 3 heteroatoms. The van der Waals surface area contributed by atoms with Gasteiger partial charge < -0.3 is 9.47 Å². The largest absolute Gasteiger partial charge is 0.463 e. The molecule has 0 radical (unpaired) electrons. The normalized spacial score (nSPS) is 11.0. The summed E-state index contributed by atoms with van der Waals surface area (Å²) in [6.45, 7) is 3.01. The van der Waals surface area contributed by atoms with Gasteiger partial charge in [0.2, 0.25) is 0 Å². The molecule has 0 aromatic rings. The Balaban J connectivity index is 3.15. The maximum absolute atomic E-state index is 11.2. The van der Waals surface area contributed by atoms with E-state index in [1.165, 1.54) is 25.7 Å². The summed E-state index contributed by atoms with van der Waals surface area (Å²) in [4.78, 5) is 11.2. The molecule has 0 bridgehead atoms. The third-order valence-electron chi connectivity index (χ3n) is 2.70. The molecule has 0 aliphatic carbocycles. The van der Waals surface area contributed by atoms with Crippen molar-refractivity contribution < 1.29 is 14.3 Å². The summed E-state index contributed by atoms with van der Waals surface area (Å²) in [7, 11) is 1.60. The van der Waals surface area contributed by atoms with E-state index in [1.807, 2.05) is 0 Å². The van der Waals surface area contributed by atoms with E-state index in [9.17, 15) is 4.79 Å². The summed E-state index contributed by atoms with van der Waals surface area (Å²) >= 11 is 0. The molecule has 0 saturated heterocycles. The SMILES string of the molecule is CCC=CCCCCCCCC(=O)OCCOC. The molecule has 0 rings (SSSR count). The van der Waals surface area contributed by atoms with E-state index in [2.05, 4.69) is 19.1 Å². The minimum atomic E-state index is -0.0991. The monoisotopic (exact) mass is 256 g/mol. The molecule has 0 spiro atoms. The molecule has 0 atom stereocenters. The van der Waals surface area contributed by atoms with Crippen LogP contribution >= 0.6 is 0 Å². The van der Waals surface area contributed by atoms with Gasteiger partial charge in [0.15, 0.2) is 0 Å². The number of carbonyl (C=O) groups is 1. The lowest BCUT2D eigenvalue weighted by Crippen LogP contribution is -2.09. The average Bonchev–Trinajstić information content (AvgIpc) is 2.37. The van der Waals surface area contributed by atoms with Gasteiger partial charge in [-0.2, -0.15) is 0 Å². The fourth-order valence-corrected chi connectivity index (χ4v) is 1.66. The number of methoxy groups -OCH3 is 1. The number of rotatable bonds is 12. The minimum Gasteiger partial charge on any atom is -0.463 e. The van der Waals surface area contributed by atoms with Crippen molar-refractivity contribution in [2.45, 2.75) is 58.3 Å². The number of hydrogen-bond acceptors (Lipinski definition) is 3. The first-order chi connectivity index (χ1) is 8.81. The Morgan fingerprint density at radius 3 is 2.44 bits per heavy atom. The molecule has 0 fully saturated rings. The highest BCUT2D eigenvalue weighted by molar-refractivity contribution is 5.69. The Morgan fingerprint density at radius 1 is 1.00 bits per heavy atom. The molecule has 3 nitrogen and oxygen atoms in total. The summed E-state index contributed by atoms with van der Waals surface area (Å²) in [6.07, 6.45) is 13.1. The molecule has 0 aromatic carbocycles. The maximum atomic E-state index is 11.2. The van der Waals surface area contributed by atoms with Crippen LogP contribution in [0.3, 0.4) is 0 Å². The van der Waals surface area contributed by atoms with E-state index in [4.69, 9.17) is 9.47 Å². The van der Waals surface area contributed by atoms with Gasteiger partial charge in [0, 0.05) is 13.5 Å². The predicted octanol–water partition coefficient (Wildman–Crippen LogP) is 3.87. The van der Waals surface area contributed by atoms with Crippen molar-refractivity contribution in [1.82, 2.24) is 0 Å². The van der Waals surface area contributed by atoms with Crippen LogP contribution in [0.15, 0.2) is 12.2 Å². The van der Waals surface area contributed by atoms with Gasteiger partial charge in [0.25, 0.3) is 0 Å². The van der Waals surface area contributed by atoms with Crippen LogP contribution in [0.1, 0.15) is 58.3 Å². The molecular weight excluding hydrogens is 228 g/mol. The quantitative estimate of drug-likeness (QED) is 0.302. The number of allylic oxidation sites excluding steroid dienone is 2. The zero-order valence-electron chi connectivity index (χ0n) is 12.0. The van der Waals surface area contributed by atoms with Gasteiger partial charge in [-0.1, -0.05) is 38.3 Å². The first-order valence-electron chi connectivity index (χ1n) is 7.10. The Kier molecular flexibility index (Phi) is 13.6. The fraction of sp³-hybridized carbons (Fsp3) is 0.800. The van der Waals surface area contributed by atoms with Crippen LogP contribution in [-0.2, 0) is 14.3 Å². The van der Waals surface area contributed by atoms with Crippen LogP contribution in [-0.4, -0.2) is 26.3 Å². The fourth-order valence-electron chi connectivity index (χ4n) is 1.66. The molecule has 0 unspecified atom stereocenters.